The molecule has 0 aliphatic carbocycles. The number of carbonyl (C=O) groups excluding carboxylic acids is 1. The summed E-state index contributed by atoms with van der Waals surface area (Å²) < 4.78 is 0. The van der Waals surface area contributed by atoms with Crippen molar-refractivity contribution in [2.45, 2.75) is 13.8 Å². The number of nitrogens with zero attached hydrogens (tertiary/aromatic N) is 3. The fourth-order valence-corrected chi connectivity index (χ4v) is 1.85. The van der Waals surface area contributed by atoms with Gasteiger partial charge in [-0.25, -0.2) is 4.98 Å². The van der Waals surface area contributed by atoms with Gasteiger partial charge in [-0.05, 0) is 26.0 Å². The Bertz CT molecular complexity index is 617. The molecular weight excluding hydrogens is 280 g/mol. The van der Waals surface area contributed by atoms with E-state index < -0.39 is 0 Å². The van der Waals surface area contributed by atoms with E-state index in [0.717, 1.165) is 18.1 Å². The molecule has 3 N–H and O–H groups in total. The highest BCUT2D eigenvalue weighted by Gasteiger charge is 2.05. The summed E-state index contributed by atoms with van der Waals surface area (Å²) in [6.45, 7) is 5.72. The lowest BCUT2D eigenvalue weighted by Gasteiger charge is -2.09. The van der Waals surface area contributed by atoms with Crippen LogP contribution in [0.25, 0.3) is 0 Å². The van der Waals surface area contributed by atoms with Crippen molar-refractivity contribution in [3.8, 4) is 0 Å². The molecule has 2 aromatic heterocycles. The number of amides is 1. The van der Waals surface area contributed by atoms with E-state index in [1.54, 1.807) is 24.4 Å². The topological polar surface area (TPSA) is 91.8 Å². The van der Waals surface area contributed by atoms with Gasteiger partial charge in [-0.15, -0.1) is 0 Å². The van der Waals surface area contributed by atoms with Crippen molar-refractivity contribution in [2.24, 2.45) is 0 Å². The maximum atomic E-state index is 11.8. The molecule has 0 saturated carbocycles. The van der Waals surface area contributed by atoms with E-state index in [4.69, 9.17) is 0 Å². The zero-order valence-corrected chi connectivity index (χ0v) is 12.8. The lowest BCUT2D eigenvalue weighted by atomic mass is 10.3. The summed E-state index contributed by atoms with van der Waals surface area (Å²) in [5, 5.41) is 9.04. The fraction of sp³-hybridized carbons (Fsp3) is 0.333. The van der Waals surface area contributed by atoms with E-state index in [2.05, 4.69) is 30.9 Å². The molecule has 0 aromatic carbocycles. The van der Waals surface area contributed by atoms with Crippen LogP contribution in [0.15, 0.2) is 30.5 Å². The molecule has 0 atom stereocenters. The predicted octanol–water partition coefficient (Wildman–Crippen LogP) is 1.45. The molecule has 2 heterocycles. The number of aryl methyl sites for hydroxylation is 1. The third-order valence-corrected chi connectivity index (χ3v) is 2.80. The molecule has 7 heteroatoms. The minimum Gasteiger partial charge on any atom is -0.368 e. The predicted molar refractivity (Wildman–Crippen MR) is 86.0 cm³/mol. The fourth-order valence-electron chi connectivity index (χ4n) is 1.85. The lowest BCUT2D eigenvalue weighted by molar-refractivity contribution is 0.0950. The second-order valence-electron chi connectivity index (χ2n) is 4.65. The molecule has 116 valence electrons. The van der Waals surface area contributed by atoms with Crippen molar-refractivity contribution >= 4 is 17.7 Å². The first-order valence-corrected chi connectivity index (χ1v) is 7.21. The number of hydrogen-bond donors (Lipinski definition) is 3. The number of carbonyl (C=O) groups is 1. The molecule has 0 unspecified atom stereocenters. The zero-order chi connectivity index (χ0) is 15.8. The highest BCUT2D eigenvalue weighted by Crippen LogP contribution is 2.08. The quantitative estimate of drug-likeness (QED) is 0.670. The molecule has 7 nitrogen and oxygen atoms in total. The van der Waals surface area contributed by atoms with Crippen LogP contribution in [0.2, 0.25) is 0 Å². The molecule has 0 fully saturated rings. The average molecular weight is 300 g/mol. The zero-order valence-electron chi connectivity index (χ0n) is 12.8. The number of nitrogens with one attached hydrogen (secondary N) is 3. The van der Waals surface area contributed by atoms with E-state index in [-0.39, 0.29) is 5.91 Å². The second-order valence-corrected chi connectivity index (χ2v) is 4.65. The van der Waals surface area contributed by atoms with Crippen LogP contribution in [-0.4, -0.2) is 40.5 Å². The highest BCUT2D eigenvalue weighted by atomic mass is 16.1. The molecule has 0 aliphatic rings. The van der Waals surface area contributed by atoms with Crippen LogP contribution in [0.4, 0.5) is 11.8 Å². The van der Waals surface area contributed by atoms with Crippen molar-refractivity contribution in [3.05, 3.63) is 41.9 Å². The Labute approximate surface area is 129 Å². The Balaban J connectivity index is 1.80. The number of rotatable bonds is 7. The molecule has 0 spiro atoms. The van der Waals surface area contributed by atoms with Crippen molar-refractivity contribution in [2.75, 3.05) is 30.3 Å². The highest BCUT2D eigenvalue weighted by molar-refractivity contribution is 5.92. The lowest BCUT2D eigenvalue weighted by Crippen LogP contribution is -2.29. The van der Waals surface area contributed by atoms with Gasteiger partial charge in [0.15, 0.2) is 0 Å². The number of pyridine rings is 1. The minimum atomic E-state index is -0.186. The van der Waals surface area contributed by atoms with Crippen molar-refractivity contribution in [1.29, 1.82) is 0 Å². The van der Waals surface area contributed by atoms with Gasteiger partial charge in [-0.3, -0.25) is 9.78 Å². The summed E-state index contributed by atoms with van der Waals surface area (Å²) in [5.74, 6) is 1.15. The second kappa shape index (κ2) is 7.92. The van der Waals surface area contributed by atoms with Crippen LogP contribution in [0.1, 0.15) is 23.1 Å². The van der Waals surface area contributed by atoms with Gasteiger partial charge in [0.1, 0.15) is 11.5 Å². The van der Waals surface area contributed by atoms with Crippen molar-refractivity contribution in [3.63, 3.8) is 0 Å². The van der Waals surface area contributed by atoms with E-state index in [1.165, 1.54) is 0 Å². The molecule has 2 aromatic rings. The standard InChI is InChI=1S/C15H20N6O/c1-3-16-15-20-11(2)10-13(21-15)18-8-9-19-14(22)12-6-4-5-7-17-12/h4-7,10H,3,8-9H2,1-2H3,(H,19,22)(H2,16,18,20,21). The monoisotopic (exact) mass is 300 g/mol. The summed E-state index contributed by atoms with van der Waals surface area (Å²) in [5.41, 5.74) is 1.29. The first-order chi connectivity index (χ1) is 10.7. The number of aromatic nitrogens is 3. The third kappa shape index (κ3) is 4.69. The molecule has 22 heavy (non-hydrogen) atoms. The summed E-state index contributed by atoms with van der Waals surface area (Å²) in [4.78, 5) is 24.4. The summed E-state index contributed by atoms with van der Waals surface area (Å²) in [7, 11) is 0. The van der Waals surface area contributed by atoms with Gasteiger partial charge in [-0.2, -0.15) is 4.98 Å². The van der Waals surface area contributed by atoms with Gasteiger partial charge in [0.05, 0.1) is 0 Å². The first-order valence-electron chi connectivity index (χ1n) is 7.21. The normalized spacial score (nSPS) is 10.1. The van der Waals surface area contributed by atoms with E-state index in [0.29, 0.717) is 24.7 Å². The third-order valence-electron chi connectivity index (χ3n) is 2.80. The van der Waals surface area contributed by atoms with E-state index in [9.17, 15) is 4.79 Å². The maximum absolute atomic E-state index is 11.8. The van der Waals surface area contributed by atoms with Crippen LogP contribution in [0.5, 0.6) is 0 Å². The summed E-state index contributed by atoms with van der Waals surface area (Å²) in [6.07, 6.45) is 1.60. The summed E-state index contributed by atoms with van der Waals surface area (Å²) >= 11 is 0. The van der Waals surface area contributed by atoms with E-state index >= 15 is 0 Å². The first kappa shape index (κ1) is 15.7. The molecule has 0 saturated heterocycles. The molecule has 2 rings (SSSR count). The number of anilines is 2. The largest absolute Gasteiger partial charge is 0.368 e. The van der Waals surface area contributed by atoms with E-state index in [1.807, 2.05) is 19.9 Å². The molecule has 0 radical (unpaired) electrons. The van der Waals surface area contributed by atoms with Crippen molar-refractivity contribution < 1.29 is 4.79 Å². The average Bonchev–Trinajstić information content (AvgIpc) is 2.52. The minimum absolute atomic E-state index is 0.186. The van der Waals surface area contributed by atoms with Gasteiger partial charge in [0.2, 0.25) is 5.95 Å². The Hall–Kier alpha value is -2.70. The Kier molecular flexibility index (Phi) is 5.65. The van der Waals surface area contributed by atoms with Crippen LogP contribution in [0.3, 0.4) is 0 Å². The van der Waals surface area contributed by atoms with Gasteiger partial charge in [-0.1, -0.05) is 6.07 Å². The van der Waals surface area contributed by atoms with Crippen LogP contribution in [0, 0.1) is 6.92 Å². The molecule has 0 aliphatic heterocycles. The Morgan fingerprint density at radius 1 is 1.18 bits per heavy atom. The Morgan fingerprint density at radius 2 is 2.05 bits per heavy atom. The van der Waals surface area contributed by atoms with Gasteiger partial charge < -0.3 is 16.0 Å². The molecular formula is C15H20N6O. The molecule has 0 bridgehead atoms. The SMILES string of the molecule is CCNc1nc(C)cc(NCCNC(=O)c2ccccn2)n1. The maximum Gasteiger partial charge on any atom is 0.269 e. The van der Waals surface area contributed by atoms with Gasteiger partial charge in [0.25, 0.3) is 5.91 Å². The van der Waals surface area contributed by atoms with Crippen LogP contribution < -0.4 is 16.0 Å². The smallest absolute Gasteiger partial charge is 0.269 e. The van der Waals surface area contributed by atoms with Crippen molar-refractivity contribution in [1.82, 2.24) is 20.3 Å². The van der Waals surface area contributed by atoms with Crippen LogP contribution in [-0.2, 0) is 0 Å². The summed E-state index contributed by atoms with van der Waals surface area (Å²) in [6, 6.07) is 7.10. The Morgan fingerprint density at radius 3 is 2.77 bits per heavy atom. The van der Waals surface area contributed by atoms with Gasteiger partial charge >= 0.3 is 0 Å². The van der Waals surface area contributed by atoms with Gasteiger partial charge in [0, 0.05) is 37.6 Å². The van der Waals surface area contributed by atoms with Crippen LogP contribution >= 0.6 is 0 Å². The number of hydrogen-bond acceptors (Lipinski definition) is 6. The molecule has 1 amide bonds.